The Hall–Kier alpha value is -2.64. The van der Waals surface area contributed by atoms with Gasteiger partial charge >= 0.3 is 5.97 Å². The molecule has 0 spiro atoms. The summed E-state index contributed by atoms with van der Waals surface area (Å²) in [4.78, 5) is 35.9. The van der Waals surface area contributed by atoms with Crippen molar-refractivity contribution in [2.24, 2.45) is 5.92 Å². The van der Waals surface area contributed by atoms with Crippen LogP contribution in [0.1, 0.15) is 20.3 Å². The highest BCUT2D eigenvalue weighted by atomic mass is 16.6. The van der Waals surface area contributed by atoms with Crippen LogP contribution in [-0.4, -0.2) is 36.6 Å². The fourth-order valence-electron chi connectivity index (χ4n) is 2.49. The summed E-state index contributed by atoms with van der Waals surface area (Å²) in [5.41, 5.74) is -0.0657. The molecule has 1 amide bonds. The summed E-state index contributed by atoms with van der Waals surface area (Å²) in [6.45, 7) is 4.14. The quantitative estimate of drug-likeness (QED) is 0.450. The summed E-state index contributed by atoms with van der Waals surface area (Å²) in [5.74, 6) is -1.04. The molecule has 1 aromatic rings. The van der Waals surface area contributed by atoms with Crippen LogP contribution in [0.25, 0.3) is 0 Å². The molecule has 2 rings (SSSR count). The van der Waals surface area contributed by atoms with E-state index in [1.54, 1.807) is 19.9 Å². The summed E-state index contributed by atoms with van der Waals surface area (Å²) in [6.07, 6.45) is -0.0107. The van der Waals surface area contributed by atoms with E-state index in [1.165, 1.54) is 17.0 Å². The normalized spacial score (nSPS) is 17.2. The summed E-state index contributed by atoms with van der Waals surface area (Å²) in [6, 6.07) is 4.31. The van der Waals surface area contributed by atoms with E-state index < -0.39 is 16.8 Å². The van der Waals surface area contributed by atoms with Crippen molar-refractivity contribution >= 4 is 23.3 Å². The molecule has 0 aromatic heterocycles. The Balaban J connectivity index is 2.29. The minimum Gasteiger partial charge on any atom is -0.494 e. The van der Waals surface area contributed by atoms with Crippen molar-refractivity contribution in [3.05, 3.63) is 28.3 Å². The first-order valence-electron chi connectivity index (χ1n) is 7.36. The fourth-order valence-corrected chi connectivity index (χ4v) is 2.49. The Morgan fingerprint density at radius 1 is 1.39 bits per heavy atom. The second-order valence-electron chi connectivity index (χ2n) is 5.00. The number of carbonyl (C=O) groups excluding carboxylic acids is 2. The average Bonchev–Trinajstić information content (AvgIpc) is 2.90. The number of anilines is 1. The first-order valence-corrected chi connectivity index (χ1v) is 7.36. The number of benzene rings is 1. The number of nitro benzene ring substituents is 1. The molecule has 1 aromatic carbocycles. The fraction of sp³-hybridized carbons (Fsp3) is 0.467. The summed E-state index contributed by atoms with van der Waals surface area (Å²) in [7, 11) is 0. The van der Waals surface area contributed by atoms with Crippen molar-refractivity contribution in [1.82, 2.24) is 0 Å². The van der Waals surface area contributed by atoms with Gasteiger partial charge in [0.25, 0.3) is 5.69 Å². The first kappa shape index (κ1) is 16.7. The lowest BCUT2D eigenvalue weighted by molar-refractivity contribution is -0.384. The molecule has 1 aliphatic heterocycles. The van der Waals surface area contributed by atoms with Crippen LogP contribution in [0, 0.1) is 16.0 Å². The van der Waals surface area contributed by atoms with Gasteiger partial charge in [0.15, 0.2) is 0 Å². The van der Waals surface area contributed by atoms with Gasteiger partial charge in [-0.1, -0.05) is 0 Å². The standard InChI is InChI=1S/C15H18N2O6/c1-3-22-11-5-6-12(13(8-11)17(20)21)16-9-10(7-14(16)18)15(19)23-4-2/h5-6,8,10H,3-4,7,9H2,1-2H3/t10-/m0/s1. The molecule has 0 aliphatic carbocycles. The van der Waals surface area contributed by atoms with E-state index in [2.05, 4.69) is 0 Å². The molecule has 8 heteroatoms. The number of amides is 1. The van der Waals surface area contributed by atoms with Gasteiger partial charge in [-0.25, -0.2) is 0 Å². The zero-order chi connectivity index (χ0) is 17.0. The SMILES string of the molecule is CCOC(=O)[C@H]1CC(=O)N(c2ccc(OCC)cc2[N+](=O)[O-])C1. The monoisotopic (exact) mass is 322 g/mol. The molecule has 1 saturated heterocycles. The van der Waals surface area contributed by atoms with Gasteiger partial charge in [0.2, 0.25) is 5.91 Å². The molecule has 1 aliphatic rings. The average molecular weight is 322 g/mol. The van der Waals surface area contributed by atoms with E-state index in [1.807, 2.05) is 0 Å². The summed E-state index contributed by atoms with van der Waals surface area (Å²) in [5, 5.41) is 11.3. The highest BCUT2D eigenvalue weighted by molar-refractivity contribution is 6.01. The minimum atomic E-state index is -0.603. The zero-order valence-corrected chi connectivity index (χ0v) is 13.0. The maximum Gasteiger partial charge on any atom is 0.311 e. The molecule has 0 radical (unpaired) electrons. The van der Waals surface area contributed by atoms with E-state index in [0.29, 0.717) is 12.4 Å². The molecule has 1 fully saturated rings. The van der Waals surface area contributed by atoms with E-state index in [4.69, 9.17) is 9.47 Å². The molecule has 0 saturated carbocycles. The van der Waals surface area contributed by atoms with Gasteiger partial charge in [-0.05, 0) is 26.0 Å². The van der Waals surface area contributed by atoms with Crippen LogP contribution in [-0.2, 0) is 14.3 Å². The Bertz CT molecular complexity index is 630. The molecule has 0 bridgehead atoms. The number of nitrogens with zero attached hydrogens (tertiary/aromatic N) is 2. The number of ether oxygens (including phenoxy) is 2. The topological polar surface area (TPSA) is 99.0 Å². The number of carbonyl (C=O) groups is 2. The second kappa shape index (κ2) is 7.08. The molecular weight excluding hydrogens is 304 g/mol. The van der Waals surface area contributed by atoms with Crippen molar-refractivity contribution in [2.45, 2.75) is 20.3 Å². The second-order valence-corrected chi connectivity index (χ2v) is 5.00. The lowest BCUT2D eigenvalue weighted by atomic mass is 10.1. The van der Waals surface area contributed by atoms with Crippen LogP contribution >= 0.6 is 0 Å². The summed E-state index contributed by atoms with van der Waals surface area (Å²) >= 11 is 0. The van der Waals surface area contributed by atoms with Gasteiger partial charge in [0.05, 0.1) is 30.1 Å². The Labute approximate surface area is 133 Å². The highest BCUT2D eigenvalue weighted by Crippen LogP contribution is 2.35. The van der Waals surface area contributed by atoms with Gasteiger partial charge in [-0.15, -0.1) is 0 Å². The van der Waals surface area contributed by atoms with Crippen LogP contribution < -0.4 is 9.64 Å². The van der Waals surface area contributed by atoms with Crippen molar-refractivity contribution in [3.63, 3.8) is 0 Å². The molecular formula is C15H18N2O6. The van der Waals surface area contributed by atoms with Gasteiger partial charge in [-0.3, -0.25) is 19.7 Å². The van der Waals surface area contributed by atoms with Gasteiger partial charge in [0.1, 0.15) is 11.4 Å². The lowest BCUT2D eigenvalue weighted by Gasteiger charge is -2.17. The van der Waals surface area contributed by atoms with Crippen LogP contribution in [0.15, 0.2) is 18.2 Å². The largest absolute Gasteiger partial charge is 0.494 e. The number of hydrogen-bond donors (Lipinski definition) is 0. The maximum atomic E-state index is 12.1. The third-order valence-electron chi connectivity index (χ3n) is 3.49. The van der Waals surface area contributed by atoms with Gasteiger partial charge in [-0.2, -0.15) is 0 Å². The zero-order valence-electron chi connectivity index (χ0n) is 13.0. The van der Waals surface area contributed by atoms with Crippen LogP contribution in [0.5, 0.6) is 5.75 Å². The molecule has 1 atom stereocenters. The molecule has 23 heavy (non-hydrogen) atoms. The lowest BCUT2D eigenvalue weighted by Crippen LogP contribution is -2.27. The Morgan fingerprint density at radius 3 is 2.74 bits per heavy atom. The molecule has 0 unspecified atom stereocenters. The van der Waals surface area contributed by atoms with E-state index in [0.717, 1.165) is 0 Å². The third-order valence-corrected chi connectivity index (χ3v) is 3.49. The van der Waals surface area contributed by atoms with Crippen LogP contribution in [0.4, 0.5) is 11.4 Å². The number of nitro groups is 1. The van der Waals surface area contributed by atoms with Crippen LogP contribution in [0.2, 0.25) is 0 Å². The van der Waals surface area contributed by atoms with Crippen LogP contribution in [0.3, 0.4) is 0 Å². The number of rotatable bonds is 6. The van der Waals surface area contributed by atoms with Gasteiger partial charge in [0, 0.05) is 13.0 Å². The van der Waals surface area contributed by atoms with E-state index in [-0.39, 0.29) is 36.9 Å². The van der Waals surface area contributed by atoms with Crippen molar-refractivity contribution < 1.29 is 24.0 Å². The molecule has 8 nitrogen and oxygen atoms in total. The third kappa shape index (κ3) is 3.58. The first-order chi connectivity index (χ1) is 11.0. The molecule has 0 N–H and O–H groups in total. The predicted octanol–water partition coefficient (Wildman–Crippen LogP) is 1.91. The highest BCUT2D eigenvalue weighted by Gasteiger charge is 2.38. The van der Waals surface area contributed by atoms with Gasteiger partial charge < -0.3 is 14.4 Å². The smallest absolute Gasteiger partial charge is 0.311 e. The Morgan fingerprint density at radius 2 is 2.13 bits per heavy atom. The molecule has 1 heterocycles. The summed E-state index contributed by atoms with van der Waals surface area (Å²) < 4.78 is 10.2. The van der Waals surface area contributed by atoms with Crippen molar-refractivity contribution in [3.8, 4) is 5.75 Å². The molecule has 124 valence electrons. The Kier molecular flexibility index (Phi) is 5.15. The van der Waals surface area contributed by atoms with E-state index >= 15 is 0 Å². The minimum absolute atomic E-state index is 0.0107. The van der Waals surface area contributed by atoms with Crippen molar-refractivity contribution in [1.29, 1.82) is 0 Å². The van der Waals surface area contributed by atoms with E-state index in [9.17, 15) is 19.7 Å². The maximum absolute atomic E-state index is 12.1. The number of hydrogen-bond acceptors (Lipinski definition) is 6. The predicted molar refractivity (Wildman–Crippen MR) is 81.4 cm³/mol. The van der Waals surface area contributed by atoms with Crippen molar-refractivity contribution in [2.75, 3.05) is 24.7 Å². The number of esters is 1.